The van der Waals surface area contributed by atoms with Crippen molar-refractivity contribution in [3.63, 3.8) is 0 Å². The number of hydrogen-bond acceptors (Lipinski definition) is 4. The minimum Gasteiger partial charge on any atom is -0.436 e. The molecule has 0 aliphatic heterocycles. The molecule has 1 atom stereocenters. The number of benzene rings is 1. The van der Waals surface area contributed by atoms with Crippen LogP contribution in [0.1, 0.15) is 32.3 Å². The van der Waals surface area contributed by atoms with Crippen molar-refractivity contribution in [1.82, 2.24) is 4.98 Å². The second-order valence-electron chi connectivity index (χ2n) is 6.25. The zero-order chi connectivity index (χ0) is 20.2. The number of nitrogens with two attached hydrogens (primary N) is 1. The summed E-state index contributed by atoms with van der Waals surface area (Å²) >= 11 is 0. The summed E-state index contributed by atoms with van der Waals surface area (Å²) in [5.41, 5.74) is 4.06. The first-order chi connectivity index (χ1) is 12.5. The van der Waals surface area contributed by atoms with Crippen molar-refractivity contribution in [2.45, 2.75) is 38.4 Å². The fourth-order valence-electron chi connectivity index (χ4n) is 2.29. The van der Waals surface area contributed by atoms with Crippen LogP contribution in [0.5, 0.6) is 11.6 Å². The largest absolute Gasteiger partial charge is 0.436 e. The van der Waals surface area contributed by atoms with Gasteiger partial charge in [0.1, 0.15) is 0 Å². The first-order valence-corrected chi connectivity index (χ1v) is 8.14. The van der Waals surface area contributed by atoms with Crippen molar-refractivity contribution < 1.29 is 27.1 Å². The molecule has 1 aromatic carbocycles. The lowest BCUT2D eigenvalue weighted by atomic mass is 9.96. The first kappa shape index (κ1) is 20.6. The second-order valence-corrected chi connectivity index (χ2v) is 6.25. The van der Waals surface area contributed by atoms with E-state index in [0.29, 0.717) is 19.0 Å². The topological polar surface area (TPSA) is 77.2 Å². The number of alkyl halides is 3. The van der Waals surface area contributed by atoms with Gasteiger partial charge in [-0.15, -0.1) is 0 Å². The molecule has 5 nitrogen and oxygen atoms in total. The molecule has 0 radical (unpaired) electrons. The van der Waals surface area contributed by atoms with Gasteiger partial charge in [-0.05, 0) is 31.5 Å². The maximum atomic E-state index is 14.2. The number of aromatic nitrogens is 1. The standard InChI is InChI=1S/C18H19F4N3O2/c1-3-8-17(2,23)16(26)25-12-5-6-14(13(19)9-12)27-15-7-4-11(10-24-15)18(20,21)22/h4-7,9-10H,3,8,23H2,1-2H3,(H,25,26). The fourth-order valence-corrected chi connectivity index (χ4v) is 2.29. The molecule has 0 saturated carbocycles. The number of carbonyl (C=O) groups excluding carboxylic acids is 1. The van der Waals surface area contributed by atoms with E-state index in [4.69, 9.17) is 10.5 Å². The summed E-state index contributed by atoms with van der Waals surface area (Å²) in [5.74, 6) is -1.72. The third-order valence-corrected chi connectivity index (χ3v) is 3.76. The van der Waals surface area contributed by atoms with Crippen molar-refractivity contribution in [1.29, 1.82) is 0 Å². The van der Waals surface area contributed by atoms with Crippen molar-refractivity contribution in [3.8, 4) is 11.6 Å². The van der Waals surface area contributed by atoms with Crippen LogP contribution >= 0.6 is 0 Å². The molecule has 0 bridgehead atoms. The van der Waals surface area contributed by atoms with Crippen LogP contribution in [-0.2, 0) is 11.0 Å². The summed E-state index contributed by atoms with van der Waals surface area (Å²) in [5, 5.41) is 2.52. The number of anilines is 1. The Morgan fingerprint density at radius 1 is 1.26 bits per heavy atom. The fraction of sp³-hybridized carbons (Fsp3) is 0.333. The number of pyridine rings is 1. The lowest BCUT2D eigenvalue weighted by molar-refractivity contribution is -0.137. The van der Waals surface area contributed by atoms with E-state index in [0.717, 1.165) is 18.2 Å². The van der Waals surface area contributed by atoms with Crippen LogP contribution in [0.25, 0.3) is 0 Å². The summed E-state index contributed by atoms with van der Waals surface area (Å²) in [6.45, 7) is 3.47. The Kier molecular flexibility index (Phi) is 6.04. The molecular formula is C18H19F4N3O2. The number of ether oxygens (including phenoxy) is 1. The third kappa shape index (κ3) is 5.40. The van der Waals surface area contributed by atoms with Gasteiger partial charge in [0, 0.05) is 24.0 Å². The van der Waals surface area contributed by atoms with Crippen molar-refractivity contribution in [3.05, 3.63) is 47.9 Å². The normalized spacial score (nSPS) is 13.7. The molecule has 0 aliphatic rings. The number of rotatable bonds is 6. The van der Waals surface area contributed by atoms with Gasteiger partial charge in [0.25, 0.3) is 0 Å². The second kappa shape index (κ2) is 7.91. The summed E-state index contributed by atoms with van der Waals surface area (Å²) in [6, 6.07) is 5.42. The monoisotopic (exact) mass is 385 g/mol. The van der Waals surface area contributed by atoms with Gasteiger partial charge in [-0.25, -0.2) is 9.37 Å². The van der Waals surface area contributed by atoms with Crippen LogP contribution in [-0.4, -0.2) is 16.4 Å². The smallest absolute Gasteiger partial charge is 0.417 e. The SMILES string of the molecule is CCCC(C)(N)C(=O)Nc1ccc(Oc2ccc(C(F)(F)F)cn2)c(F)c1. The highest BCUT2D eigenvalue weighted by atomic mass is 19.4. The van der Waals surface area contributed by atoms with Crippen LogP contribution in [0.4, 0.5) is 23.2 Å². The average Bonchev–Trinajstić information content (AvgIpc) is 2.57. The van der Waals surface area contributed by atoms with E-state index >= 15 is 0 Å². The Bertz CT molecular complexity index is 805. The molecule has 1 aromatic heterocycles. The molecule has 0 saturated heterocycles. The van der Waals surface area contributed by atoms with E-state index in [1.165, 1.54) is 12.1 Å². The summed E-state index contributed by atoms with van der Waals surface area (Å²) in [4.78, 5) is 15.6. The summed E-state index contributed by atoms with van der Waals surface area (Å²) < 4.78 is 56.9. The average molecular weight is 385 g/mol. The quantitative estimate of drug-likeness (QED) is 0.719. The molecule has 1 amide bonds. The molecule has 3 N–H and O–H groups in total. The number of amides is 1. The number of carbonyl (C=O) groups is 1. The van der Waals surface area contributed by atoms with Crippen LogP contribution in [0.3, 0.4) is 0 Å². The van der Waals surface area contributed by atoms with Gasteiger partial charge in [0.15, 0.2) is 11.6 Å². The number of halogens is 4. The number of hydrogen-bond donors (Lipinski definition) is 2. The van der Waals surface area contributed by atoms with Crippen molar-refractivity contribution in [2.24, 2.45) is 5.73 Å². The number of nitrogens with zero attached hydrogens (tertiary/aromatic N) is 1. The van der Waals surface area contributed by atoms with Crippen LogP contribution in [0.15, 0.2) is 36.5 Å². The zero-order valence-corrected chi connectivity index (χ0v) is 14.7. The van der Waals surface area contributed by atoms with E-state index in [-0.39, 0.29) is 17.3 Å². The highest BCUT2D eigenvalue weighted by molar-refractivity contribution is 5.97. The zero-order valence-electron chi connectivity index (χ0n) is 14.7. The minimum absolute atomic E-state index is 0.179. The Morgan fingerprint density at radius 2 is 1.96 bits per heavy atom. The van der Waals surface area contributed by atoms with Gasteiger partial charge in [-0.1, -0.05) is 13.3 Å². The van der Waals surface area contributed by atoms with Gasteiger partial charge in [-0.2, -0.15) is 13.2 Å². The lowest BCUT2D eigenvalue weighted by Crippen LogP contribution is -2.48. The molecule has 0 spiro atoms. The van der Waals surface area contributed by atoms with Gasteiger partial charge < -0.3 is 15.8 Å². The summed E-state index contributed by atoms with van der Waals surface area (Å²) in [6.07, 6.45) is -2.76. The molecule has 146 valence electrons. The molecule has 1 unspecified atom stereocenters. The van der Waals surface area contributed by atoms with Gasteiger partial charge in [0.05, 0.1) is 11.1 Å². The van der Waals surface area contributed by atoms with E-state index in [2.05, 4.69) is 10.3 Å². The molecule has 0 aliphatic carbocycles. The van der Waals surface area contributed by atoms with E-state index in [9.17, 15) is 22.4 Å². The third-order valence-electron chi connectivity index (χ3n) is 3.76. The maximum absolute atomic E-state index is 14.2. The van der Waals surface area contributed by atoms with Crippen LogP contribution in [0, 0.1) is 5.82 Å². The minimum atomic E-state index is -4.52. The van der Waals surface area contributed by atoms with Gasteiger partial charge in [-0.3, -0.25) is 4.79 Å². The van der Waals surface area contributed by atoms with Crippen LogP contribution in [0.2, 0.25) is 0 Å². The first-order valence-electron chi connectivity index (χ1n) is 8.14. The summed E-state index contributed by atoms with van der Waals surface area (Å²) in [7, 11) is 0. The Morgan fingerprint density at radius 3 is 2.48 bits per heavy atom. The highest BCUT2D eigenvalue weighted by Gasteiger charge is 2.31. The molecule has 9 heteroatoms. The Hall–Kier alpha value is -2.68. The van der Waals surface area contributed by atoms with Crippen LogP contribution < -0.4 is 15.8 Å². The lowest BCUT2D eigenvalue weighted by Gasteiger charge is -2.22. The van der Waals surface area contributed by atoms with E-state index < -0.39 is 29.0 Å². The molecular weight excluding hydrogens is 366 g/mol. The number of nitrogens with one attached hydrogen (secondary N) is 1. The predicted molar refractivity (Wildman–Crippen MR) is 91.8 cm³/mol. The van der Waals surface area contributed by atoms with E-state index in [1.807, 2.05) is 6.92 Å². The van der Waals surface area contributed by atoms with Crippen molar-refractivity contribution >= 4 is 11.6 Å². The van der Waals surface area contributed by atoms with Gasteiger partial charge >= 0.3 is 6.18 Å². The Balaban J connectivity index is 2.09. The molecule has 0 fully saturated rings. The molecule has 2 rings (SSSR count). The highest BCUT2D eigenvalue weighted by Crippen LogP contribution is 2.31. The predicted octanol–water partition coefficient (Wildman–Crippen LogP) is 4.49. The van der Waals surface area contributed by atoms with E-state index in [1.54, 1.807) is 6.92 Å². The Labute approximate surface area is 153 Å². The molecule has 27 heavy (non-hydrogen) atoms. The maximum Gasteiger partial charge on any atom is 0.417 e. The van der Waals surface area contributed by atoms with Crippen molar-refractivity contribution in [2.75, 3.05) is 5.32 Å². The van der Waals surface area contributed by atoms with Gasteiger partial charge in [0.2, 0.25) is 11.8 Å². The molecule has 1 heterocycles. The molecule has 2 aromatic rings.